The molecule has 0 fully saturated rings. The largest absolute Gasteiger partial charge is 0.481 e. The Labute approximate surface area is 148 Å². The van der Waals surface area contributed by atoms with Crippen LogP contribution in [0.4, 0.5) is 5.69 Å². The van der Waals surface area contributed by atoms with E-state index in [0.29, 0.717) is 15.6 Å². The molecular weight excluding hydrogens is 357 g/mol. The van der Waals surface area contributed by atoms with Gasteiger partial charge in [0.2, 0.25) is 0 Å². The number of hydrogen-bond acceptors (Lipinski definition) is 3. The van der Waals surface area contributed by atoms with Crippen LogP contribution in [0.3, 0.4) is 0 Å². The molecule has 0 amide bonds. The van der Waals surface area contributed by atoms with Crippen molar-refractivity contribution in [3.63, 3.8) is 0 Å². The first kappa shape index (κ1) is 17.5. The maximum atomic E-state index is 11.1. The fourth-order valence-electron chi connectivity index (χ4n) is 1.96. The minimum absolute atomic E-state index is 0.181. The number of thiocarbonyl (C=S) groups is 1. The predicted octanol–water partition coefficient (Wildman–Crippen LogP) is 3.89. The molecule has 0 bridgehead atoms. The molecule has 3 N–H and O–H groups in total. The van der Waals surface area contributed by atoms with Gasteiger partial charge in [0.25, 0.3) is 0 Å². The van der Waals surface area contributed by atoms with E-state index in [1.165, 1.54) is 0 Å². The van der Waals surface area contributed by atoms with Crippen LogP contribution in [0.2, 0.25) is 10.0 Å². The lowest BCUT2D eigenvalue weighted by Gasteiger charge is -2.21. The van der Waals surface area contributed by atoms with E-state index in [1.807, 2.05) is 0 Å². The Hall–Kier alpha value is -1.89. The smallest absolute Gasteiger partial charge is 0.305 e. The number of aromatic nitrogens is 1. The standard InChI is InChI=1S/C15H13Cl2N3O2S/c16-9-1-2-11(12(17)7-9)13(8-14(21)22)20-15(23)19-10-3-5-18-6-4-10/h1-7,13H,8H2,(H,21,22)(H2,18,19,20,23)/t13-/m0/s1. The maximum Gasteiger partial charge on any atom is 0.305 e. The molecule has 23 heavy (non-hydrogen) atoms. The lowest BCUT2D eigenvalue weighted by Crippen LogP contribution is -2.33. The molecule has 1 heterocycles. The third-order valence-corrected chi connectivity index (χ3v) is 3.74. The van der Waals surface area contributed by atoms with Crippen LogP contribution in [0.5, 0.6) is 0 Å². The lowest BCUT2D eigenvalue weighted by molar-refractivity contribution is -0.137. The van der Waals surface area contributed by atoms with E-state index in [2.05, 4.69) is 15.6 Å². The lowest BCUT2D eigenvalue weighted by atomic mass is 10.0. The molecule has 8 heteroatoms. The number of benzene rings is 1. The van der Waals surface area contributed by atoms with E-state index in [0.717, 1.165) is 5.69 Å². The quantitative estimate of drug-likeness (QED) is 0.694. The highest BCUT2D eigenvalue weighted by atomic mass is 35.5. The number of halogens is 2. The van der Waals surface area contributed by atoms with Gasteiger partial charge in [-0.2, -0.15) is 0 Å². The zero-order valence-electron chi connectivity index (χ0n) is 11.8. The first-order chi connectivity index (χ1) is 11.0. The van der Waals surface area contributed by atoms with Gasteiger partial charge in [-0.25, -0.2) is 0 Å². The number of carboxylic acid groups (broad SMARTS) is 1. The van der Waals surface area contributed by atoms with Crippen molar-refractivity contribution in [1.82, 2.24) is 10.3 Å². The average molecular weight is 370 g/mol. The van der Waals surface area contributed by atoms with Crippen molar-refractivity contribution in [2.24, 2.45) is 0 Å². The fourth-order valence-corrected chi connectivity index (χ4v) is 2.76. The number of rotatable bonds is 5. The summed E-state index contributed by atoms with van der Waals surface area (Å²) in [5.74, 6) is -0.972. The van der Waals surface area contributed by atoms with Crippen molar-refractivity contribution < 1.29 is 9.90 Å². The van der Waals surface area contributed by atoms with Crippen molar-refractivity contribution >= 4 is 52.2 Å². The summed E-state index contributed by atoms with van der Waals surface area (Å²) < 4.78 is 0. The molecule has 0 unspecified atom stereocenters. The van der Waals surface area contributed by atoms with Gasteiger partial charge in [-0.05, 0) is 42.0 Å². The normalized spacial score (nSPS) is 11.6. The molecule has 120 valence electrons. The number of anilines is 1. The third-order valence-electron chi connectivity index (χ3n) is 2.96. The van der Waals surface area contributed by atoms with Crippen LogP contribution in [-0.2, 0) is 4.79 Å². The van der Waals surface area contributed by atoms with Crippen LogP contribution in [-0.4, -0.2) is 21.2 Å². The minimum Gasteiger partial charge on any atom is -0.481 e. The number of carboxylic acids is 1. The number of nitrogens with zero attached hydrogens (tertiary/aromatic N) is 1. The summed E-state index contributed by atoms with van der Waals surface area (Å²) >= 11 is 17.3. The fraction of sp³-hybridized carbons (Fsp3) is 0.133. The molecule has 0 aliphatic heterocycles. The van der Waals surface area contributed by atoms with Crippen molar-refractivity contribution in [3.8, 4) is 0 Å². The summed E-state index contributed by atoms with van der Waals surface area (Å²) in [7, 11) is 0. The summed E-state index contributed by atoms with van der Waals surface area (Å²) in [5.41, 5.74) is 1.35. The number of carbonyl (C=O) groups is 1. The maximum absolute atomic E-state index is 11.1. The summed E-state index contributed by atoms with van der Waals surface area (Å²) in [5, 5.41) is 16.2. The Morgan fingerprint density at radius 2 is 1.96 bits per heavy atom. The van der Waals surface area contributed by atoms with Crippen LogP contribution in [0, 0.1) is 0 Å². The minimum atomic E-state index is -0.972. The Balaban J connectivity index is 2.15. The van der Waals surface area contributed by atoms with Gasteiger partial charge in [0, 0.05) is 28.1 Å². The monoisotopic (exact) mass is 369 g/mol. The second kappa shape index (κ2) is 8.10. The van der Waals surface area contributed by atoms with Crippen LogP contribution in [0.25, 0.3) is 0 Å². The van der Waals surface area contributed by atoms with Gasteiger partial charge in [0.05, 0.1) is 12.5 Å². The van der Waals surface area contributed by atoms with Crippen LogP contribution in [0.1, 0.15) is 18.0 Å². The van der Waals surface area contributed by atoms with E-state index >= 15 is 0 Å². The molecule has 0 aliphatic carbocycles. The first-order valence-electron chi connectivity index (χ1n) is 6.60. The Kier molecular flexibility index (Phi) is 6.15. The Morgan fingerprint density at radius 1 is 1.26 bits per heavy atom. The molecule has 0 saturated carbocycles. The number of hydrogen-bond donors (Lipinski definition) is 3. The molecule has 1 aromatic carbocycles. The van der Waals surface area contributed by atoms with Gasteiger partial charge in [-0.15, -0.1) is 0 Å². The highest BCUT2D eigenvalue weighted by molar-refractivity contribution is 7.80. The number of nitrogens with one attached hydrogen (secondary N) is 2. The molecular formula is C15H13Cl2N3O2S. The van der Waals surface area contributed by atoms with Gasteiger partial charge in [-0.3, -0.25) is 9.78 Å². The zero-order valence-corrected chi connectivity index (χ0v) is 14.1. The van der Waals surface area contributed by atoms with E-state index < -0.39 is 12.0 Å². The second-order valence-corrected chi connectivity index (χ2v) is 5.90. The van der Waals surface area contributed by atoms with Crippen molar-refractivity contribution in [2.75, 3.05) is 5.32 Å². The van der Waals surface area contributed by atoms with E-state index in [-0.39, 0.29) is 11.5 Å². The Bertz CT molecular complexity index is 713. The molecule has 1 aromatic heterocycles. The van der Waals surface area contributed by atoms with E-state index in [9.17, 15) is 4.79 Å². The Morgan fingerprint density at radius 3 is 2.57 bits per heavy atom. The molecule has 1 atom stereocenters. The zero-order chi connectivity index (χ0) is 16.8. The highest BCUT2D eigenvalue weighted by Gasteiger charge is 2.19. The topological polar surface area (TPSA) is 74.2 Å². The summed E-state index contributed by atoms with van der Waals surface area (Å²) in [4.78, 5) is 15.0. The predicted molar refractivity (Wildman–Crippen MR) is 95.0 cm³/mol. The van der Waals surface area contributed by atoms with Gasteiger partial charge in [-0.1, -0.05) is 29.3 Å². The van der Waals surface area contributed by atoms with Gasteiger partial charge < -0.3 is 15.7 Å². The molecule has 0 spiro atoms. The summed E-state index contributed by atoms with van der Waals surface area (Å²) in [6.45, 7) is 0. The molecule has 0 aliphatic rings. The van der Waals surface area contributed by atoms with Gasteiger partial charge >= 0.3 is 5.97 Å². The van der Waals surface area contributed by atoms with Crippen LogP contribution < -0.4 is 10.6 Å². The molecule has 2 rings (SSSR count). The number of pyridine rings is 1. The van der Waals surface area contributed by atoms with Gasteiger partial charge in [0.15, 0.2) is 5.11 Å². The van der Waals surface area contributed by atoms with Crippen LogP contribution >= 0.6 is 35.4 Å². The van der Waals surface area contributed by atoms with Crippen molar-refractivity contribution in [3.05, 3.63) is 58.3 Å². The van der Waals surface area contributed by atoms with Crippen molar-refractivity contribution in [1.29, 1.82) is 0 Å². The molecule has 0 radical (unpaired) electrons. The van der Waals surface area contributed by atoms with Crippen LogP contribution in [0.15, 0.2) is 42.7 Å². The SMILES string of the molecule is O=C(O)C[C@H](NC(=S)Nc1ccncc1)c1ccc(Cl)cc1Cl. The first-order valence-corrected chi connectivity index (χ1v) is 7.76. The summed E-state index contributed by atoms with van der Waals surface area (Å²) in [6.07, 6.45) is 3.06. The summed E-state index contributed by atoms with van der Waals surface area (Å²) in [6, 6.07) is 7.80. The van der Waals surface area contributed by atoms with E-state index in [4.69, 9.17) is 40.5 Å². The van der Waals surface area contributed by atoms with E-state index in [1.54, 1.807) is 42.7 Å². The highest BCUT2D eigenvalue weighted by Crippen LogP contribution is 2.28. The van der Waals surface area contributed by atoms with Crippen molar-refractivity contribution in [2.45, 2.75) is 12.5 Å². The van der Waals surface area contributed by atoms with Gasteiger partial charge in [0.1, 0.15) is 0 Å². The average Bonchev–Trinajstić information content (AvgIpc) is 2.47. The molecule has 0 saturated heterocycles. The third kappa shape index (κ3) is 5.35. The molecule has 2 aromatic rings. The molecule has 5 nitrogen and oxygen atoms in total. The second-order valence-electron chi connectivity index (χ2n) is 4.65. The number of aliphatic carboxylic acids is 1.